The summed E-state index contributed by atoms with van der Waals surface area (Å²) in [5, 5.41) is 1.61. The SMILES string of the molecule is Clc1cccc(COc2ncnc3ccccc23)c1. The molecular formula is C15H11ClN2O. The molecule has 0 aliphatic rings. The molecule has 4 heteroatoms. The molecule has 0 saturated heterocycles. The Bertz CT molecular complexity index is 710. The second kappa shape index (κ2) is 5.24. The molecule has 0 aliphatic heterocycles. The lowest BCUT2D eigenvalue weighted by atomic mass is 10.2. The molecule has 0 spiro atoms. The van der Waals surface area contributed by atoms with Crippen LogP contribution in [0.25, 0.3) is 10.9 Å². The molecule has 3 nitrogen and oxygen atoms in total. The van der Waals surface area contributed by atoms with Gasteiger partial charge < -0.3 is 4.74 Å². The van der Waals surface area contributed by atoms with Crippen LogP contribution in [0.5, 0.6) is 5.88 Å². The van der Waals surface area contributed by atoms with Crippen molar-refractivity contribution in [2.75, 3.05) is 0 Å². The van der Waals surface area contributed by atoms with Crippen molar-refractivity contribution in [3.8, 4) is 5.88 Å². The molecule has 0 radical (unpaired) electrons. The van der Waals surface area contributed by atoms with Crippen LogP contribution in [0, 0.1) is 0 Å². The largest absolute Gasteiger partial charge is 0.472 e. The monoisotopic (exact) mass is 270 g/mol. The van der Waals surface area contributed by atoms with Crippen LogP contribution in [0.4, 0.5) is 0 Å². The summed E-state index contributed by atoms with van der Waals surface area (Å²) >= 11 is 5.94. The maximum Gasteiger partial charge on any atom is 0.224 e. The van der Waals surface area contributed by atoms with Crippen molar-refractivity contribution in [2.24, 2.45) is 0 Å². The number of rotatable bonds is 3. The van der Waals surface area contributed by atoms with Crippen LogP contribution in [-0.4, -0.2) is 9.97 Å². The summed E-state index contributed by atoms with van der Waals surface area (Å²) in [4.78, 5) is 8.38. The van der Waals surface area contributed by atoms with E-state index in [0.29, 0.717) is 17.5 Å². The average molecular weight is 271 g/mol. The van der Waals surface area contributed by atoms with Crippen LogP contribution < -0.4 is 4.74 Å². The average Bonchev–Trinajstić information content (AvgIpc) is 2.45. The van der Waals surface area contributed by atoms with E-state index in [4.69, 9.17) is 16.3 Å². The summed E-state index contributed by atoms with van der Waals surface area (Å²) in [6.45, 7) is 0.432. The normalized spacial score (nSPS) is 10.6. The zero-order valence-corrected chi connectivity index (χ0v) is 10.8. The van der Waals surface area contributed by atoms with Gasteiger partial charge in [0.25, 0.3) is 0 Å². The summed E-state index contributed by atoms with van der Waals surface area (Å²) in [6.07, 6.45) is 1.51. The highest BCUT2D eigenvalue weighted by molar-refractivity contribution is 6.30. The predicted molar refractivity (Wildman–Crippen MR) is 75.3 cm³/mol. The minimum atomic E-state index is 0.432. The number of nitrogens with zero attached hydrogens (tertiary/aromatic N) is 2. The fraction of sp³-hybridized carbons (Fsp3) is 0.0667. The minimum Gasteiger partial charge on any atom is -0.472 e. The lowest BCUT2D eigenvalue weighted by Crippen LogP contribution is -1.98. The third-order valence-corrected chi connectivity index (χ3v) is 3.01. The topological polar surface area (TPSA) is 35.0 Å². The van der Waals surface area contributed by atoms with Gasteiger partial charge in [0.2, 0.25) is 5.88 Å². The number of para-hydroxylation sites is 1. The van der Waals surface area contributed by atoms with Crippen molar-refractivity contribution in [2.45, 2.75) is 6.61 Å². The Morgan fingerprint density at radius 3 is 2.79 bits per heavy atom. The van der Waals surface area contributed by atoms with Gasteiger partial charge in [0.15, 0.2) is 0 Å². The molecule has 94 valence electrons. The quantitative estimate of drug-likeness (QED) is 0.725. The molecule has 2 aromatic carbocycles. The van der Waals surface area contributed by atoms with Crippen LogP contribution in [0.3, 0.4) is 0 Å². The molecule has 0 unspecified atom stereocenters. The summed E-state index contributed by atoms with van der Waals surface area (Å²) in [7, 11) is 0. The molecule has 1 aromatic heterocycles. The molecule has 1 heterocycles. The van der Waals surface area contributed by atoms with Crippen molar-refractivity contribution >= 4 is 22.5 Å². The van der Waals surface area contributed by atoms with Crippen molar-refractivity contribution in [3.63, 3.8) is 0 Å². The summed E-state index contributed by atoms with van der Waals surface area (Å²) in [6, 6.07) is 15.4. The molecule has 19 heavy (non-hydrogen) atoms. The lowest BCUT2D eigenvalue weighted by Gasteiger charge is -2.07. The van der Waals surface area contributed by atoms with Gasteiger partial charge in [-0.1, -0.05) is 35.9 Å². The molecular weight excluding hydrogens is 260 g/mol. The standard InChI is InChI=1S/C15H11ClN2O/c16-12-5-3-4-11(8-12)9-19-15-13-6-1-2-7-14(13)17-10-18-15/h1-8,10H,9H2. The molecule has 0 fully saturated rings. The van der Waals surface area contributed by atoms with E-state index in [1.165, 1.54) is 6.33 Å². The number of aromatic nitrogens is 2. The van der Waals surface area contributed by atoms with Crippen molar-refractivity contribution in [3.05, 3.63) is 65.4 Å². The van der Waals surface area contributed by atoms with E-state index < -0.39 is 0 Å². The first-order chi connectivity index (χ1) is 9.33. The lowest BCUT2D eigenvalue weighted by molar-refractivity contribution is 0.297. The minimum absolute atomic E-state index is 0.432. The van der Waals surface area contributed by atoms with Gasteiger partial charge in [0, 0.05) is 5.02 Å². The number of hydrogen-bond acceptors (Lipinski definition) is 3. The van der Waals surface area contributed by atoms with Crippen molar-refractivity contribution in [1.82, 2.24) is 9.97 Å². The van der Waals surface area contributed by atoms with Crippen LogP contribution in [-0.2, 0) is 6.61 Å². The van der Waals surface area contributed by atoms with E-state index in [1.807, 2.05) is 48.5 Å². The Labute approximate surface area is 115 Å². The first kappa shape index (κ1) is 11.9. The highest BCUT2D eigenvalue weighted by atomic mass is 35.5. The smallest absolute Gasteiger partial charge is 0.224 e. The third kappa shape index (κ3) is 2.66. The van der Waals surface area contributed by atoms with E-state index >= 15 is 0 Å². The fourth-order valence-electron chi connectivity index (χ4n) is 1.87. The third-order valence-electron chi connectivity index (χ3n) is 2.77. The van der Waals surface area contributed by atoms with Crippen LogP contribution in [0.2, 0.25) is 5.02 Å². The van der Waals surface area contributed by atoms with Gasteiger partial charge in [-0.05, 0) is 29.8 Å². The molecule has 0 atom stereocenters. The summed E-state index contributed by atoms with van der Waals surface area (Å²) < 4.78 is 5.75. The van der Waals surface area contributed by atoms with Crippen molar-refractivity contribution in [1.29, 1.82) is 0 Å². The Morgan fingerprint density at radius 2 is 1.89 bits per heavy atom. The molecule has 0 amide bonds. The van der Waals surface area contributed by atoms with Gasteiger partial charge in [-0.2, -0.15) is 0 Å². The zero-order valence-electron chi connectivity index (χ0n) is 10.1. The van der Waals surface area contributed by atoms with E-state index in [1.54, 1.807) is 0 Å². The molecule has 0 saturated carbocycles. The second-order valence-corrected chi connectivity index (χ2v) is 4.55. The summed E-state index contributed by atoms with van der Waals surface area (Å²) in [5.41, 5.74) is 1.88. The van der Waals surface area contributed by atoms with Crippen LogP contribution >= 0.6 is 11.6 Å². The molecule has 3 rings (SSSR count). The zero-order chi connectivity index (χ0) is 13.1. The number of ether oxygens (including phenoxy) is 1. The maximum atomic E-state index is 5.94. The van der Waals surface area contributed by atoms with Gasteiger partial charge in [0.1, 0.15) is 12.9 Å². The van der Waals surface area contributed by atoms with Gasteiger partial charge in [0.05, 0.1) is 10.9 Å². The van der Waals surface area contributed by atoms with E-state index in [9.17, 15) is 0 Å². The number of benzene rings is 2. The van der Waals surface area contributed by atoms with Gasteiger partial charge in [-0.3, -0.25) is 0 Å². The second-order valence-electron chi connectivity index (χ2n) is 4.11. The molecule has 0 N–H and O–H groups in total. The van der Waals surface area contributed by atoms with Crippen LogP contribution in [0.1, 0.15) is 5.56 Å². The summed E-state index contributed by atoms with van der Waals surface area (Å²) in [5.74, 6) is 0.588. The Balaban J connectivity index is 1.86. The van der Waals surface area contributed by atoms with Gasteiger partial charge >= 0.3 is 0 Å². The van der Waals surface area contributed by atoms with E-state index in [2.05, 4.69) is 9.97 Å². The Morgan fingerprint density at radius 1 is 1.00 bits per heavy atom. The first-order valence-corrected chi connectivity index (χ1v) is 6.28. The van der Waals surface area contributed by atoms with Crippen LogP contribution in [0.15, 0.2) is 54.9 Å². The predicted octanol–water partition coefficient (Wildman–Crippen LogP) is 3.86. The highest BCUT2D eigenvalue weighted by Gasteiger charge is 2.04. The van der Waals surface area contributed by atoms with E-state index in [0.717, 1.165) is 16.5 Å². The molecule has 3 aromatic rings. The van der Waals surface area contributed by atoms with Gasteiger partial charge in [-0.15, -0.1) is 0 Å². The maximum absolute atomic E-state index is 5.94. The first-order valence-electron chi connectivity index (χ1n) is 5.90. The number of fused-ring (bicyclic) bond motifs is 1. The van der Waals surface area contributed by atoms with Gasteiger partial charge in [-0.25, -0.2) is 9.97 Å². The number of hydrogen-bond donors (Lipinski definition) is 0. The molecule has 0 aliphatic carbocycles. The molecule has 0 bridgehead atoms. The highest BCUT2D eigenvalue weighted by Crippen LogP contribution is 2.21. The number of halogens is 1. The van der Waals surface area contributed by atoms with Crippen molar-refractivity contribution < 1.29 is 4.74 Å². The van der Waals surface area contributed by atoms with E-state index in [-0.39, 0.29) is 0 Å². The Kier molecular flexibility index (Phi) is 3.29. The Hall–Kier alpha value is -2.13. The fourth-order valence-corrected chi connectivity index (χ4v) is 2.09.